The second kappa shape index (κ2) is 6.20. The van der Waals surface area contributed by atoms with E-state index in [4.69, 9.17) is 0 Å². The number of nitrogens with one attached hydrogen (secondary N) is 1. The summed E-state index contributed by atoms with van der Waals surface area (Å²) < 4.78 is 40.1. The molecule has 1 aliphatic heterocycles. The summed E-state index contributed by atoms with van der Waals surface area (Å²) in [6.07, 6.45) is 2.56. The smallest absolute Gasteiger partial charge is 0.243 e. The van der Waals surface area contributed by atoms with Gasteiger partial charge in [0.1, 0.15) is 5.82 Å². The van der Waals surface area contributed by atoms with E-state index in [9.17, 15) is 12.8 Å². The van der Waals surface area contributed by atoms with Crippen molar-refractivity contribution in [3.8, 4) is 0 Å². The maximum atomic E-state index is 13.4. The number of rotatable bonds is 3. The fraction of sp³-hybridized carbons (Fsp3) is 0.571. The van der Waals surface area contributed by atoms with Crippen molar-refractivity contribution in [3.63, 3.8) is 0 Å². The quantitative estimate of drug-likeness (QED) is 0.927. The number of halogens is 1. The molecule has 1 N–H and O–H groups in total. The number of aryl methyl sites for hydroxylation is 1. The van der Waals surface area contributed by atoms with Crippen LogP contribution in [0.2, 0.25) is 0 Å². The maximum absolute atomic E-state index is 13.4. The Morgan fingerprint density at radius 2 is 2.05 bits per heavy atom. The van der Waals surface area contributed by atoms with Gasteiger partial charge in [0.05, 0.1) is 4.90 Å². The Hall–Kier alpha value is -0.980. The summed E-state index contributed by atoms with van der Waals surface area (Å²) in [5, 5.41) is 3.26. The van der Waals surface area contributed by atoms with Gasteiger partial charge in [0.25, 0.3) is 0 Å². The molecule has 1 aromatic carbocycles. The van der Waals surface area contributed by atoms with E-state index in [1.807, 2.05) is 0 Å². The molecule has 1 fully saturated rings. The normalized spacial score (nSPS) is 20.9. The van der Waals surface area contributed by atoms with Gasteiger partial charge in [0, 0.05) is 13.1 Å². The standard InChI is InChI=1S/C14H21FN2O2S/c1-11-5-6-12(15)10-14(11)20(18,19)17(2)13-4-3-8-16-9-7-13/h5-6,10,13,16H,3-4,7-9H2,1-2H3. The SMILES string of the molecule is Cc1ccc(F)cc1S(=O)(=O)N(C)C1CCCNCC1. The average molecular weight is 300 g/mol. The van der Waals surface area contributed by atoms with E-state index in [2.05, 4.69) is 5.32 Å². The van der Waals surface area contributed by atoms with Crippen LogP contribution in [0.3, 0.4) is 0 Å². The van der Waals surface area contributed by atoms with E-state index in [0.717, 1.165) is 38.4 Å². The third-order valence-electron chi connectivity index (χ3n) is 3.87. The van der Waals surface area contributed by atoms with E-state index in [1.54, 1.807) is 14.0 Å². The van der Waals surface area contributed by atoms with Crippen LogP contribution in [0.15, 0.2) is 23.1 Å². The number of hydrogen-bond donors (Lipinski definition) is 1. The molecule has 0 aromatic heterocycles. The van der Waals surface area contributed by atoms with Crippen LogP contribution in [0.1, 0.15) is 24.8 Å². The van der Waals surface area contributed by atoms with Gasteiger partial charge < -0.3 is 5.32 Å². The Morgan fingerprint density at radius 1 is 1.30 bits per heavy atom. The summed E-state index contributed by atoms with van der Waals surface area (Å²) in [6.45, 7) is 3.42. The second-order valence-electron chi connectivity index (χ2n) is 5.27. The van der Waals surface area contributed by atoms with Gasteiger partial charge in [-0.25, -0.2) is 12.8 Å². The lowest BCUT2D eigenvalue weighted by atomic mass is 10.1. The van der Waals surface area contributed by atoms with Crippen molar-refractivity contribution in [2.24, 2.45) is 0 Å². The van der Waals surface area contributed by atoms with Crippen LogP contribution in [0, 0.1) is 12.7 Å². The number of nitrogens with zero attached hydrogens (tertiary/aromatic N) is 1. The monoisotopic (exact) mass is 300 g/mol. The maximum Gasteiger partial charge on any atom is 0.243 e. The number of sulfonamides is 1. The fourth-order valence-corrected chi connectivity index (χ4v) is 4.22. The van der Waals surface area contributed by atoms with Gasteiger partial charge in [0.15, 0.2) is 0 Å². The third-order valence-corrected chi connectivity index (χ3v) is 5.92. The minimum atomic E-state index is -3.64. The van der Waals surface area contributed by atoms with Gasteiger partial charge in [-0.05, 0) is 57.0 Å². The highest BCUT2D eigenvalue weighted by Gasteiger charge is 2.29. The second-order valence-corrected chi connectivity index (χ2v) is 7.23. The molecule has 4 nitrogen and oxygen atoms in total. The van der Waals surface area contributed by atoms with Gasteiger partial charge in [0.2, 0.25) is 10.0 Å². The summed E-state index contributed by atoms with van der Waals surface area (Å²) in [6, 6.07) is 3.86. The van der Waals surface area contributed by atoms with Crippen LogP contribution in [0.4, 0.5) is 4.39 Å². The molecule has 0 radical (unpaired) electrons. The molecule has 1 unspecified atom stereocenters. The predicted octanol–water partition coefficient (Wildman–Crippen LogP) is 1.90. The fourth-order valence-electron chi connectivity index (χ4n) is 2.57. The predicted molar refractivity (Wildman–Crippen MR) is 76.6 cm³/mol. The number of benzene rings is 1. The van der Waals surface area contributed by atoms with Crippen LogP contribution < -0.4 is 5.32 Å². The first kappa shape index (κ1) is 15.4. The molecule has 1 atom stereocenters. The molecule has 112 valence electrons. The molecule has 0 bridgehead atoms. The van der Waals surface area contributed by atoms with Crippen molar-refractivity contribution in [1.82, 2.24) is 9.62 Å². The molecule has 6 heteroatoms. The van der Waals surface area contributed by atoms with E-state index < -0.39 is 15.8 Å². The van der Waals surface area contributed by atoms with Gasteiger partial charge in [-0.3, -0.25) is 0 Å². The summed E-state index contributed by atoms with van der Waals surface area (Å²) in [7, 11) is -2.05. The Kier molecular flexibility index (Phi) is 4.78. The van der Waals surface area contributed by atoms with Crippen LogP contribution in [-0.2, 0) is 10.0 Å². The summed E-state index contributed by atoms with van der Waals surface area (Å²) in [5.41, 5.74) is 0.574. The molecule has 2 rings (SSSR count). The van der Waals surface area contributed by atoms with Gasteiger partial charge in [-0.2, -0.15) is 4.31 Å². The topological polar surface area (TPSA) is 49.4 Å². The van der Waals surface area contributed by atoms with E-state index in [0.29, 0.717) is 5.56 Å². The Bertz CT molecular complexity index is 567. The first-order valence-corrected chi connectivity index (χ1v) is 8.32. The average Bonchev–Trinajstić information content (AvgIpc) is 2.69. The van der Waals surface area contributed by atoms with Crippen LogP contribution in [0.5, 0.6) is 0 Å². The van der Waals surface area contributed by atoms with Crippen molar-refractivity contribution >= 4 is 10.0 Å². The minimum Gasteiger partial charge on any atom is -0.317 e. The van der Waals surface area contributed by atoms with E-state index in [-0.39, 0.29) is 10.9 Å². The lowest BCUT2D eigenvalue weighted by molar-refractivity contribution is 0.341. The van der Waals surface area contributed by atoms with Crippen molar-refractivity contribution in [3.05, 3.63) is 29.6 Å². The van der Waals surface area contributed by atoms with E-state index >= 15 is 0 Å². The van der Waals surface area contributed by atoms with Crippen molar-refractivity contribution in [2.45, 2.75) is 37.1 Å². The van der Waals surface area contributed by atoms with Crippen molar-refractivity contribution < 1.29 is 12.8 Å². The summed E-state index contributed by atoms with van der Waals surface area (Å²) in [5.74, 6) is -0.523. The lowest BCUT2D eigenvalue weighted by Gasteiger charge is -2.26. The van der Waals surface area contributed by atoms with E-state index in [1.165, 1.54) is 16.4 Å². The highest BCUT2D eigenvalue weighted by Crippen LogP contribution is 2.24. The van der Waals surface area contributed by atoms with Crippen LogP contribution >= 0.6 is 0 Å². The van der Waals surface area contributed by atoms with Crippen LogP contribution in [0.25, 0.3) is 0 Å². The van der Waals surface area contributed by atoms with Gasteiger partial charge in [-0.1, -0.05) is 6.07 Å². The molecular formula is C14H21FN2O2S. The molecule has 0 amide bonds. The Morgan fingerprint density at radius 3 is 2.80 bits per heavy atom. The van der Waals surface area contributed by atoms with Crippen molar-refractivity contribution in [1.29, 1.82) is 0 Å². The van der Waals surface area contributed by atoms with Gasteiger partial charge in [-0.15, -0.1) is 0 Å². The molecule has 0 aliphatic carbocycles. The third kappa shape index (κ3) is 3.19. The van der Waals surface area contributed by atoms with Crippen LogP contribution in [-0.4, -0.2) is 38.9 Å². The minimum absolute atomic E-state index is 0.0299. The molecule has 0 saturated carbocycles. The van der Waals surface area contributed by atoms with Crippen molar-refractivity contribution in [2.75, 3.05) is 20.1 Å². The molecule has 0 spiro atoms. The Balaban J connectivity index is 2.31. The zero-order valence-corrected chi connectivity index (χ0v) is 12.7. The highest BCUT2D eigenvalue weighted by molar-refractivity contribution is 7.89. The molecule has 1 heterocycles. The Labute approximate surface area is 120 Å². The van der Waals surface area contributed by atoms with Gasteiger partial charge >= 0.3 is 0 Å². The molecule has 20 heavy (non-hydrogen) atoms. The molecule has 1 aliphatic rings. The molecule has 1 aromatic rings. The summed E-state index contributed by atoms with van der Waals surface area (Å²) >= 11 is 0. The number of hydrogen-bond acceptors (Lipinski definition) is 3. The molecule has 1 saturated heterocycles. The largest absolute Gasteiger partial charge is 0.317 e. The summed E-state index contributed by atoms with van der Waals surface area (Å²) in [4.78, 5) is 0.0669. The lowest BCUT2D eigenvalue weighted by Crippen LogP contribution is -2.37. The molecular weight excluding hydrogens is 279 g/mol. The highest BCUT2D eigenvalue weighted by atomic mass is 32.2. The zero-order chi connectivity index (χ0) is 14.8. The first-order chi connectivity index (χ1) is 9.43. The zero-order valence-electron chi connectivity index (χ0n) is 11.9. The first-order valence-electron chi connectivity index (χ1n) is 6.88.